The number of carbonyl (C=O) groups is 1. The Balaban J connectivity index is 2.64. The molecule has 5 heteroatoms. The molecule has 1 amide bonds. The second-order valence-electron chi connectivity index (χ2n) is 3.82. The Bertz CT molecular complexity index is 398. The molecule has 0 aliphatic heterocycles. The van der Waals surface area contributed by atoms with Gasteiger partial charge in [-0.1, -0.05) is 15.9 Å². The topological polar surface area (TPSA) is 40.5 Å². The van der Waals surface area contributed by atoms with Crippen molar-refractivity contribution >= 4 is 33.4 Å². The van der Waals surface area contributed by atoms with Crippen molar-refractivity contribution in [2.24, 2.45) is 0 Å². The third kappa shape index (κ3) is 4.56. The molecule has 0 aliphatic carbocycles. The highest BCUT2D eigenvalue weighted by Gasteiger charge is 2.11. The first kappa shape index (κ1) is 14.3. The summed E-state index contributed by atoms with van der Waals surface area (Å²) in [6.45, 7) is 0.395. The van der Waals surface area contributed by atoms with Gasteiger partial charge < -0.3 is 10.0 Å². The molecule has 0 saturated heterocycles. The van der Waals surface area contributed by atoms with Gasteiger partial charge in [-0.25, -0.2) is 0 Å². The number of nitrogens with zero attached hydrogens (tertiary/aromatic N) is 1. The molecule has 0 aliphatic rings. The van der Waals surface area contributed by atoms with Crippen LogP contribution in [-0.2, 0) is 11.3 Å². The van der Waals surface area contributed by atoms with Gasteiger partial charge in [0.1, 0.15) is 5.75 Å². The summed E-state index contributed by atoms with van der Waals surface area (Å²) in [6, 6.07) is 5.17. The number of phenols is 1. The number of aromatic hydroxyl groups is 1. The summed E-state index contributed by atoms with van der Waals surface area (Å²) < 4.78 is 0.881. The molecule has 0 spiro atoms. The van der Waals surface area contributed by atoms with Crippen LogP contribution in [-0.4, -0.2) is 28.8 Å². The van der Waals surface area contributed by atoms with Gasteiger partial charge in [0, 0.05) is 35.9 Å². The maximum Gasteiger partial charge on any atom is 0.222 e. The molecule has 0 atom stereocenters. The number of amides is 1. The van der Waals surface area contributed by atoms with Gasteiger partial charge in [-0.2, -0.15) is 0 Å². The standard InChI is InChI=1S/C12H15BrClNO2/c1-15(12(17)3-2-6-14)8-9-7-10(13)4-5-11(9)16/h4-5,7,16H,2-3,6,8H2,1H3. The van der Waals surface area contributed by atoms with E-state index in [0.717, 1.165) is 10.0 Å². The number of carbonyl (C=O) groups excluding carboxylic acids is 1. The van der Waals surface area contributed by atoms with E-state index >= 15 is 0 Å². The van der Waals surface area contributed by atoms with Gasteiger partial charge in [-0.05, 0) is 24.6 Å². The van der Waals surface area contributed by atoms with Crippen LogP contribution >= 0.6 is 27.5 Å². The molecule has 0 bridgehead atoms. The van der Waals surface area contributed by atoms with Crippen molar-refractivity contribution in [2.45, 2.75) is 19.4 Å². The van der Waals surface area contributed by atoms with E-state index in [-0.39, 0.29) is 11.7 Å². The largest absolute Gasteiger partial charge is 0.508 e. The van der Waals surface area contributed by atoms with Crippen LogP contribution < -0.4 is 0 Å². The lowest BCUT2D eigenvalue weighted by Crippen LogP contribution is -2.26. The highest BCUT2D eigenvalue weighted by atomic mass is 79.9. The molecule has 17 heavy (non-hydrogen) atoms. The average Bonchev–Trinajstić information content (AvgIpc) is 2.30. The molecule has 1 aromatic carbocycles. The fourth-order valence-electron chi connectivity index (χ4n) is 1.43. The SMILES string of the molecule is CN(Cc1cc(Br)ccc1O)C(=O)CCCCl. The molecule has 0 fully saturated rings. The van der Waals surface area contributed by atoms with Crippen LogP contribution in [0.4, 0.5) is 0 Å². The first-order valence-electron chi connectivity index (χ1n) is 5.32. The zero-order valence-electron chi connectivity index (χ0n) is 9.62. The van der Waals surface area contributed by atoms with E-state index < -0.39 is 0 Å². The molecule has 1 rings (SSSR count). The molecule has 0 radical (unpaired) electrons. The van der Waals surface area contributed by atoms with Crippen molar-refractivity contribution in [3.63, 3.8) is 0 Å². The van der Waals surface area contributed by atoms with E-state index in [1.54, 1.807) is 30.1 Å². The van der Waals surface area contributed by atoms with Crippen LogP contribution in [0.5, 0.6) is 5.75 Å². The van der Waals surface area contributed by atoms with Gasteiger partial charge in [-0.3, -0.25) is 4.79 Å². The summed E-state index contributed by atoms with van der Waals surface area (Å²) >= 11 is 8.87. The van der Waals surface area contributed by atoms with E-state index in [2.05, 4.69) is 15.9 Å². The lowest BCUT2D eigenvalue weighted by Gasteiger charge is -2.18. The summed E-state index contributed by atoms with van der Waals surface area (Å²) in [5.74, 6) is 0.719. The Morgan fingerprint density at radius 2 is 2.24 bits per heavy atom. The van der Waals surface area contributed by atoms with Gasteiger partial charge in [0.2, 0.25) is 5.91 Å². The van der Waals surface area contributed by atoms with Crippen LogP contribution in [0, 0.1) is 0 Å². The number of hydrogen-bond acceptors (Lipinski definition) is 2. The highest BCUT2D eigenvalue weighted by Crippen LogP contribution is 2.23. The maximum absolute atomic E-state index is 11.7. The Morgan fingerprint density at radius 3 is 2.88 bits per heavy atom. The molecule has 94 valence electrons. The highest BCUT2D eigenvalue weighted by molar-refractivity contribution is 9.10. The second kappa shape index (κ2) is 6.87. The molecule has 3 nitrogen and oxygen atoms in total. The smallest absolute Gasteiger partial charge is 0.222 e. The zero-order valence-corrected chi connectivity index (χ0v) is 12.0. The number of phenolic OH excluding ortho intramolecular Hbond substituents is 1. The van der Waals surface area contributed by atoms with Crippen LogP contribution in [0.1, 0.15) is 18.4 Å². The summed E-state index contributed by atoms with van der Waals surface area (Å²) in [5, 5.41) is 9.66. The fourth-order valence-corrected chi connectivity index (χ4v) is 1.98. The van der Waals surface area contributed by atoms with Crippen molar-refractivity contribution in [1.82, 2.24) is 4.90 Å². The minimum atomic E-state index is 0.0324. The van der Waals surface area contributed by atoms with Gasteiger partial charge in [0.15, 0.2) is 0 Å². The minimum Gasteiger partial charge on any atom is -0.508 e. The first-order valence-corrected chi connectivity index (χ1v) is 6.64. The first-order chi connectivity index (χ1) is 8.04. The molecule has 0 heterocycles. The molecule has 0 aromatic heterocycles. The number of hydrogen-bond donors (Lipinski definition) is 1. The van der Waals surface area contributed by atoms with Crippen molar-refractivity contribution in [3.05, 3.63) is 28.2 Å². The van der Waals surface area contributed by atoms with Gasteiger partial charge in [0.05, 0.1) is 0 Å². The lowest BCUT2D eigenvalue weighted by molar-refractivity contribution is -0.130. The molecular formula is C12H15BrClNO2. The van der Waals surface area contributed by atoms with Crippen LogP contribution in [0.25, 0.3) is 0 Å². The summed E-state index contributed by atoms with van der Waals surface area (Å²) in [4.78, 5) is 13.3. The quantitative estimate of drug-likeness (QED) is 0.847. The van der Waals surface area contributed by atoms with Crippen molar-refractivity contribution in [3.8, 4) is 5.75 Å². The third-order valence-corrected chi connectivity index (χ3v) is 3.16. The fraction of sp³-hybridized carbons (Fsp3) is 0.417. The van der Waals surface area contributed by atoms with Crippen molar-refractivity contribution < 1.29 is 9.90 Å². The van der Waals surface area contributed by atoms with E-state index in [9.17, 15) is 9.90 Å². The second-order valence-corrected chi connectivity index (χ2v) is 5.11. The lowest BCUT2D eigenvalue weighted by atomic mass is 10.2. The van der Waals surface area contributed by atoms with E-state index in [1.807, 2.05) is 0 Å². The van der Waals surface area contributed by atoms with Gasteiger partial charge in [-0.15, -0.1) is 11.6 Å². The number of benzene rings is 1. The molecule has 0 saturated carbocycles. The van der Waals surface area contributed by atoms with Crippen molar-refractivity contribution in [1.29, 1.82) is 0 Å². The monoisotopic (exact) mass is 319 g/mol. The van der Waals surface area contributed by atoms with E-state index in [4.69, 9.17) is 11.6 Å². The average molecular weight is 321 g/mol. The maximum atomic E-state index is 11.7. The van der Waals surface area contributed by atoms with Gasteiger partial charge >= 0.3 is 0 Å². The normalized spacial score (nSPS) is 10.3. The van der Waals surface area contributed by atoms with E-state index in [0.29, 0.717) is 25.3 Å². The Hall–Kier alpha value is -0.740. The number of halogens is 2. The molecule has 0 unspecified atom stereocenters. The van der Waals surface area contributed by atoms with Crippen LogP contribution in [0.15, 0.2) is 22.7 Å². The van der Waals surface area contributed by atoms with E-state index in [1.165, 1.54) is 0 Å². The Labute approximate surface area is 115 Å². The minimum absolute atomic E-state index is 0.0324. The molecule has 1 N–H and O–H groups in total. The number of alkyl halides is 1. The summed E-state index contributed by atoms with van der Waals surface area (Å²) in [5.41, 5.74) is 0.723. The predicted octanol–water partition coefficient (Wildman–Crippen LogP) is 3.13. The molecule has 1 aromatic rings. The number of rotatable bonds is 5. The molecular weight excluding hydrogens is 305 g/mol. The van der Waals surface area contributed by atoms with Crippen molar-refractivity contribution in [2.75, 3.05) is 12.9 Å². The van der Waals surface area contributed by atoms with Crippen LogP contribution in [0.2, 0.25) is 0 Å². The predicted molar refractivity (Wildman–Crippen MR) is 72.2 cm³/mol. The van der Waals surface area contributed by atoms with Gasteiger partial charge in [0.25, 0.3) is 0 Å². The summed E-state index contributed by atoms with van der Waals surface area (Å²) in [6.07, 6.45) is 1.12. The Kier molecular flexibility index (Phi) is 5.78. The third-order valence-electron chi connectivity index (χ3n) is 2.40. The zero-order chi connectivity index (χ0) is 12.8. The Morgan fingerprint density at radius 1 is 1.53 bits per heavy atom. The summed E-state index contributed by atoms with van der Waals surface area (Å²) in [7, 11) is 1.72. The van der Waals surface area contributed by atoms with Crippen LogP contribution in [0.3, 0.4) is 0 Å².